The summed E-state index contributed by atoms with van der Waals surface area (Å²) in [5, 5.41) is 16.8. The molecule has 41 heavy (non-hydrogen) atoms. The van der Waals surface area contributed by atoms with Gasteiger partial charge >= 0.3 is 0 Å². The number of halogens is 4. The highest BCUT2D eigenvalue weighted by molar-refractivity contribution is 7.90. The number of nitrogens with one attached hydrogen (secondary N) is 2. The molecule has 1 aliphatic rings. The number of nitriles is 1. The first-order valence-electron chi connectivity index (χ1n) is 12.8. The number of benzene rings is 3. The van der Waals surface area contributed by atoms with Crippen molar-refractivity contribution in [3.05, 3.63) is 93.5 Å². The minimum atomic E-state index is -3.46. The number of hydrogen-bond acceptors (Lipinski definition) is 5. The molecular weight excluding hydrogens is 591 g/mol. The number of carbonyl (C=O) groups excluding carboxylic acids is 1. The smallest absolute Gasteiger partial charge is 0.242 e. The van der Waals surface area contributed by atoms with E-state index in [-0.39, 0.29) is 37.2 Å². The van der Waals surface area contributed by atoms with E-state index in [1.807, 2.05) is 20.8 Å². The fraction of sp³-hybridized carbons (Fsp3) is 0.333. The molecule has 216 valence electrons. The van der Waals surface area contributed by atoms with E-state index in [0.717, 1.165) is 12.3 Å². The van der Waals surface area contributed by atoms with Gasteiger partial charge in [-0.25, -0.2) is 17.2 Å². The van der Waals surface area contributed by atoms with E-state index in [1.54, 1.807) is 0 Å². The third-order valence-electron chi connectivity index (χ3n) is 7.28. The van der Waals surface area contributed by atoms with Crippen molar-refractivity contribution in [3.8, 4) is 6.07 Å². The van der Waals surface area contributed by atoms with Crippen LogP contribution in [-0.4, -0.2) is 32.7 Å². The van der Waals surface area contributed by atoms with Crippen LogP contribution in [0.5, 0.6) is 0 Å². The topological polar surface area (TPSA) is 99.1 Å². The van der Waals surface area contributed by atoms with Gasteiger partial charge in [-0.05, 0) is 59.9 Å². The van der Waals surface area contributed by atoms with E-state index in [9.17, 15) is 18.5 Å². The second-order valence-corrected chi connectivity index (χ2v) is 14.3. The van der Waals surface area contributed by atoms with Crippen molar-refractivity contribution in [2.24, 2.45) is 5.41 Å². The lowest BCUT2D eigenvalue weighted by Crippen LogP contribution is -2.45. The van der Waals surface area contributed by atoms with Crippen molar-refractivity contribution < 1.29 is 22.0 Å². The second-order valence-electron chi connectivity index (χ2n) is 11.5. The Bertz CT molecular complexity index is 1640. The first-order valence-corrected chi connectivity index (χ1v) is 15.4. The van der Waals surface area contributed by atoms with Gasteiger partial charge in [-0.1, -0.05) is 62.2 Å². The maximum absolute atomic E-state index is 15.7. The summed E-state index contributed by atoms with van der Waals surface area (Å²) >= 11 is 12.2. The molecule has 1 aliphatic heterocycles. The highest BCUT2D eigenvalue weighted by Crippen LogP contribution is 2.52. The number of carbonyl (C=O) groups is 1. The molecule has 2 N–H and O–H groups in total. The molecule has 0 spiro atoms. The molecule has 0 saturated carbocycles. The van der Waals surface area contributed by atoms with Crippen LogP contribution in [0.15, 0.2) is 65.6 Å². The minimum Gasteiger partial charge on any atom is -0.325 e. The van der Waals surface area contributed by atoms with E-state index >= 15 is 8.78 Å². The first-order chi connectivity index (χ1) is 19.1. The Balaban J connectivity index is 1.92. The van der Waals surface area contributed by atoms with Gasteiger partial charge in [0.25, 0.3) is 0 Å². The molecule has 6 nitrogen and oxygen atoms in total. The Morgan fingerprint density at radius 3 is 2.32 bits per heavy atom. The van der Waals surface area contributed by atoms with E-state index in [2.05, 4.69) is 16.7 Å². The van der Waals surface area contributed by atoms with Gasteiger partial charge in [0.2, 0.25) is 5.91 Å². The predicted octanol–water partition coefficient (Wildman–Crippen LogP) is 6.64. The third kappa shape index (κ3) is 6.12. The van der Waals surface area contributed by atoms with Crippen molar-refractivity contribution in [2.45, 2.75) is 55.5 Å². The van der Waals surface area contributed by atoms with Gasteiger partial charge in [0.05, 0.1) is 22.0 Å². The Labute approximate surface area is 248 Å². The summed E-state index contributed by atoms with van der Waals surface area (Å²) in [4.78, 5) is 14.0. The Hall–Kier alpha value is -3.03. The lowest BCUT2D eigenvalue weighted by atomic mass is 9.62. The first kappa shape index (κ1) is 30.9. The van der Waals surface area contributed by atoms with Gasteiger partial charge < -0.3 is 10.6 Å². The highest BCUT2D eigenvalue weighted by Gasteiger charge is 2.61. The summed E-state index contributed by atoms with van der Waals surface area (Å²) in [6.07, 6.45) is 1.40. The normalized spacial score (nSPS) is 22.8. The maximum atomic E-state index is 15.7. The molecule has 0 aliphatic carbocycles. The number of hydrogen-bond donors (Lipinski definition) is 2. The van der Waals surface area contributed by atoms with E-state index < -0.39 is 50.8 Å². The molecule has 1 amide bonds. The SMILES string of the molecule is CC(C)(C)C[C@H]1N[C@H](C(=O)Nc2ccc(S(C)(=O)=O)cc2)[C@@H](c2cccc(Cl)c2F)[C@]1(C#N)c1ccc(Cl)cc1F. The lowest BCUT2D eigenvalue weighted by molar-refractivity contribution is -0.118. The number of anilines is 1. The van der Waals surface area contributed by atoms with Gasteiger partial charge in [0.15, 0.2) is 9.84 Å². The molecule has 1 saturated heterocycles. The predicted molar refractivity (Wildman–Crippen MR) is 156 cm³/mol. The molecule has 0 unspecified atom stereocenters. The summed E-state index contributed by atoms with van der Waals surface area (Å²) in [6, 6.07) is 14.1. The molecule has 3 aromatic rings. The van der Waals surface area contributed by atoms with Crippen molar-refractivity contribution in [3.63, 3.8) is 0 Å². The van der Waals surface area contributed by atoms with Crippen LogP contribution in [0.3, 0.4) is 0 Å². The van der Waals surface area contributed by atoms with Crippen LogP contribution in [0, 0.1) is 28.4 Å². The van der Waals surface area contributed by atoms with Crippen molar-refractivity contribution >= 4 is 44.6 Å². The van der Waals surface area contributed by atoms with Gasteiger partial charge in [0.1, 0.15) is 17.0 Å². The summed E-state index contributed by atoms with van der Waals surface area (Å²) in [6.45, 7) is 5.84. The Morgan fingerprint density at radius 2 is 1.76 bits per heavy atom. The van der Waals surface area contributed by atoms with Crippen LogP contribution >= 0.6 is 23.2 Å². The second kappa shape index (κ2) is 11.3. The van der Waals surface area contributed by atoms with E-state index in [0.29, 0.717) is 6.42 Å². The summed E-state index contributed by atoms with van der Waals surface area (Å²) < 4.78 is 55.1. The zero-order valence-corrected chi connectivity index (χ0v) is 25.1. The van der Waals surface area contributed by atoms with Crippen LogP contribution in [0.25, 0.3) is 0 Å². The largest absolute Gasteiger partial charge is 0.325 e. The summed E-state index contributed by atoms with van der Waals surface area (Å²) in [5.41, 5.74) is -1.90. The molecule has 1 fully saturated rings. The molecule has 3 aromatic carbocycles. The van der Waals surface area contributed by atoms with Crippen molar-refractivity contribution in [1.29, 1.82) is 5.26 Å². The van der Waals surface area contributed by atoms with Crippen LogP contribution in [0.2, 0.25) is 10.0 Å². The lowest BCUT2D eigenvalue weighted by Gasteiger charge is -2.37. The molecule has 1 heterocycles. The molecule has 0 bridgehead atoms. The quantitative estimate of drug-likeness (QED) is 0.322. The zero-order valence-electron chi connectivity index (χ0n) is 22.8. The number of sulfone groups is 1. The molecule has 0 aromatic heterocycles. The van der Waals surface area contributed by atoms with Crippen LogP contribution in [0.1, 0.15) is 44.2 Å². The van der Waals surface area contributed by atoms with E-state index in [4.69, 9.17) is 23.2 Å². The molecule has 0 radical (unpaired) electrons. The molecule has 11 heteroatoms. The highest BCUT2D eigenvalue weighted by atomic mass is 35.5. The van der Waals surface area contributed by atoms with Crippen molar-refractivity contribution in [2.75, 3.05) is 11.6 Å². The van der Waals surface area contributed by atoms with Crippen LogP contribution < -0.4 is 10.6 Å². The molecule has 4 atom stereocenters. The van der Waals surface area contributed by atoms with Crippen molar-refractivity contribution in [1.82, 2.24) is 5.32 Å². The van der Waals surface area contributed by atoms with Crippen LogP contribution in [-0.2, 0) is 20.0 Å². The number of rotatable bonds is 6. The molecular formula is C30H29Cl2F2N3O3S. The Morgan fingerprint density at radius 1 is 1.10 bits per heavy atom. The average molecular weight is 621 g/mol. The average Bonchev–Trinajstić information content (AvgIpc) is 3.18. The fourth-order valence-electron chi connectivity index (χ4n) is 5.56. The van der Waals surface area contributed by atoms with E-state index in [1.165, 1.54) is 54.6 Å². The standard InChI is InChI=1S/C30H29Cl2F2N3O3S/c1-29(2,3)15-24-30(16-35,21-13-8-17(31)14-23(21)33)25(20-6-5-7-22(32)26(20)34)27(37-24)28(38)36-18-9-11-19(12-10-18)41(4,39)40/h5-14,24-25,27,37H,15H2,1-4H3,(H,36,38)/t24-,25-,27+,30-/m1/s1. The van der Waals surface area contributed by atoms with Crippen LogP contribution in [0.4, 0.5) is 14.5 Å². The van der Waals surface area contributed by atoms with Gasteiger partial charge in [-0.3, -0.25) is 4.79 Å². The Kier molecular flexibility index (Phi) is 8.55. The third-order valence-corrected chi connectivity index (χ3v) is 8.94. The van der Waals surface area contributed by atoms with Gasteiger partial charge in [-0.2, -0.15) is 5.26 Å². The fourth-order valence-corrected chi connectivity index (χ4v) is 6.53. The van der Waals surface area contributed by atoms with Gasteiger partial charge in [0, 0.05) is 34.5 Å². The summed E-state index contributed by atoms with van der Waals surface area (Å²) in [7, 11) is -3.46. The number of nitrogens with zero attached hydrogens (tertiary/aromatic N) is 1. The zero-order chi connectivity index (χ0) is 30.3. The molecule has 4 rings (SSSR count). The monoisotopic (exact) mass is 619 g/mol. The van der Waals surface area contributed by atoms with Gasteiger partial charge in [-0.15, -0.1) is 0 Å². The summed E-state index contributed by atoms with van der Waals surface area (Å²) in [5.74, 6) is -3.41. The maximum Gasteiger partial charge on any atom is 0.242 e. The number of amides is 1. The minimum absolute atomic E-state index is 0.0233.